The van der Waals surface area contributed by atoms with Crippen molar-refractivity contribution in [2.24, 2.45) is 16.8 Å². The maximum absolute atomic E-state index is 11.9. The van der Waals surface area contributed by atoms with E-state index in [2.05, 4.69) is 37.6 Å². The monoisotopic (exact) mass is 406 g/mol. The summed E-state index contributed by atoms with van der Waals surface area (Å²) in [6.07, 6.45) is 4.23. The molecule has 0 bridgehead atoms. The highest BCUT2D eigenvalue weighted by atomic mass is 32.1. The number of ether oxygens (including phenoxy) is 1. The summed E-state index contributed by atoms with van der Waals surface area (Å²) in [6.45, 7) is 8.43. The minimum atomic E-state index is -0.0434. The molecule has 7 heteroatoms. The molecule has 3 rings (SSSR count). The zero-order valence-electron chi connectivity index (χ0n) is 17.2. The first-order chi connectivity index (χ1) is 13.7. The molecule has 2 aliphatic heterocycles. The Kier molecular flexibility index (Phi) is 8.15. The van der Waals surface area contributed by atoms with Gasteiger partial charge < -0.3 is 15.0 Å². The van der Waals surface area contributed by atoms with Crippen molar-refractivity contribution in [2.45, 2.75) is 39.2 Å². The average Bonchev–Trinajstić information content (AvgIpc) is 3.22. The van der Waals surface area contributed by atoms with Crippen molar-refractivity contribution >= 4 is 23.3 Å². The van der Waals surface area contributed by atoms with Gasteiger partial charge in [-0.1, -0.05) is 6.07 Å². The summed E-state index contributed by atoms with van der Waals surface area (Å²) < 4.78 is 5.17. The Labute approximate surface area is 173 Å². The number of hydrogen-bond acceptors (Lipinski definition) is 5. The number of piperidine rings is 2. The third kappa shape index (κ3) is 5.95. The van der Waals surface area contributed by atoms with E-state index in [1.165, 1.54) is 24.3 Å². The van der Waals surface area contributed by atoms with Crippen LogP contribution >= 0.6 is 11.3 Å². The molecule has 6 nitrogen and oxygen atoms in total. The lowest BCUT2D eigenvalue weighted by molar-refractivity contribution is -0.149. The van der Waals surface area contributed by atoms with Crippen molar-refractivity contribution in [2.75, 3.05) is 46.4 Å². The predicted octanol–water partition coefficient (Wildman–Crippen LogP) is 2.81. The van der Waals surface area contributed by atoms with Crippen LogP contribution in [0.25, 0.3) is 0 Å². The molecule has 2 fully saturated rings. The fourth-order valence-electron chi connectivity index (χ4n) is 4.24. The number of thiophene rings is 1. The highest BCUT2D eigenvalue weighted by molar-refractivity contribution is 7.09. The standard InChI is InChI=1S/C21H34N4O2S/c1-3-27-20(26)18-8-11-25(12-9-18)21(22-2)23-14-17-6-4-10-24(15-17)16-19-7-5-13-28-19/h5,7,13,17-18H,3-4,6,8-12,14-16H2,1-2H3,(H,22,23). The van der Waals surface area contributed by atoms with E-state index in [1.807, 2.05) is 25.3 Å². The Morgan fingerprint density at radius 2 is 2.14 bits per heavy atom. The lowest BCUT2D eigenvalue weighted by Crippen LogP contribution is -2.49. The van der Waals surface area contributed by atoms with Gasteiger partial charge >= 0.3 is 5.97 Å². The first-order valence-corrected chi connectivity index (χ1v) is 11.4. The third-order valence-corrected chi connectivity index (χ3v) is 6.60. The van der Waals surface area contributed by atoms with E-state index < -0.39 is 0 Å². The number of hydrogen-bond donors (Lipinski definition) is 1. The second-order valence-corrected chi connectivity index (χ2v) is 8.80. The molecule has 0 aromatic carbocycles. The van der Waals surface area contributed by atoms with Crippen LogP contribution in [-0.4, -0.2) is 68.1 Å². The number of guanidine groups is 1. The van der Waals surface area contributed by atoms with Gasteiger partial charge in [0, 0.05) is 44.6 Å². The number of nitrogens with one attached hydrogen (secondary N) is 1. The molecule has 0 aliphatic carbocycles. The van der Waals surface area contributed by atoms with E-state index >= 15 is 0 Å². The fraction of sp³-hybridized carbons (Fsp3) is 0.714. The molecule has 3 heterocycles. The van der Waals surface area contributed by atoms with E-state index in [4.69, 9.17) is 4.74 Å². The molecule has 1 unspecified atom stereocenters. The summed E-state index contributed by atoms with van der Waals surface area (Å²) in [7, 11) is 1.85. The fourth-order valence-corrected chi connectivity index (χ4v) is 4.99. The van der Waals surface area contributed by atoms with Crippen LogP contribution in [0.3, 0.4) is 0 Å². The van der Waals surface area contributed by atoms with Crippen molar-refractivity contribution in [1.29, 1.82) is 0 Å². The number of likely N-dealkylation sites (tertiary alicyclic amines) is 2. The topological polar surface area (TPSA) is 57.2 Å². The molecule has 0 spiro atoms. The number of nitrogens with zero attached hydrogens (tertiary/aromatic N) is 3. The van der Waals surface area contributed by atoms with Crippen LogP contribution in [0, 0.1) is 11.8 Å². The molecule has 28 heavy (non-hydrogen) atoms. The van der Waals surface area contributed by atoms with Crippen LogP contribution in [0.2, 0.25) is 0 Å². The van der Waals surface area contributed by atoms with Gasteiger partial charge in [-0.05, 0) is 56.5 Å². The summed E-state index contributed by atoms with van der Waals surface area (Å²) in [5.74, 6) is 1.62. The van der Waals surface area contributed by atoms with Crippen LogP contribution in [0.15, 0.2) is 22.5 Å². The number of aliphatic imine (C=N–C) groups is 1. The molecule has 2 saturated heterocycles. The maximum atomic E-state index is 11.9. The van der Waals surface area contributed by atoms with Gasteiger partial charge in [0.15, 0.2) is 5.96 Å². The molecule has 156 valence electrons. The number of carbonyl (C=O) groups excluding carboxylic acids is 1. The Bertz CT molecular complexity index is 626. The quantitative estimate of drug-likeness (QED) is 0.447. The highest BCUT2D eigenvalue weighted by Gasteiger charge is 2.28. The molecule has 1 N–H and O–H groups in total. The van der Waals surface area contributed by atoms with Crippen LogP contribution in [0.4, 0.5) is 0 Å². The largest absolute Gasteiger partial charge is 0.466 e. The summed E-state index contributed by atoms with van der Waals surface area (Å²) in [5.41, 5.74) is 0. The van der Waals surface area contributed by atoms with E-state index in [0.717, 1.165) is 51.5 Å². The van der Waals surface area contributed by atoms with Gasteiger partial charge in [-0.15, -0.1) is 11.3 Å². The molecule has 1 atom stereocenters. The van der Waals surface area contributed by atoms with E-state index in [-0.39, 0.29) is 11.9 Å². The van der Waals surface area contributed by atoms with Gasteiger partial charge in [0.25, 0.3) is 0 Å². The van der Waals surface area contributed by atoms with Crippen molar-refractivity contribution in [3.8, 4) is 0 Å². The maximum Gasteiger partial charge on any atom is 0.309 e. The lowest BCUT2D eigenvalue weighted by atomic mass is 9.97. The van der Waals surface area contributed by atoms with Gasteiger partial charge in [0.1, 0.15) is 0 Å². The van der Waals surface area contributed by atoms with Crippen molar-refractivity contribution in [3.05, 3.63) is 22.4 Å². The lowest BCUT2D eigenvalue weighted by Gasteiger charge is -2.36. The van der Waals surface area contributed by atoms with Gasteiger partial charge in [0.05, 0.1) is 12.5 Å². The zero-order chi connectivity index (χ0) is 19.8. The molecule has 2 aliphatic rings. The Balaban J connectivity index is 1.42. The Morgan fingerprint density at radius 1 is 1.32 bits per heavy atom. The molecule has 0 radical (unpaired) electrons. The highest BCUT2D eigenvalue weighted by Crippen LogP contribution is 2.21. The van der Waals surface area contributed by atoms with E-state index in [0.29, 0.717) is 12.5 Å². The van der Waals surface area contributed by atoms with Gasteiger partial charge in [0.2, 0.25) is 0 Å². The second-order valence-electron chi connectivity index (χ2n) is 7.76. The van der Waals surface area contributed by atoms with E-state index in [1.54, 1.807) is 0 Å². The van der Waals surface area contributed by atoms with Crippen LogP contribution in [0.1, 0.15) is 37.5 Å². The zero-order valence-corrected chi connectivity index (χ0v) is 18.0. The average molecular weight is 407 g/mol. The molecule has 1 aromatic heterocycles. The van der Waals surface area contributed by atoms with Gasteiger partial charge in [-0.2, -0.15) is 0 Å². The minimum Gasteiger partial charge on any atom is -0.466 e. The first-order valence-electron chi connectivity index (χ1n) is 10.6. The Hall–Kier alpha value is -1.60. The molecule has 0 amide bonds. The van der Waals surface area contributed by atoms with Gasteiger partial charge in [-0.25, -0.2) is 0 Å². The number of carbonyl (C=O) groups is 1. The van der Waals surface area contributed by atoms with Crippen LogP contribution in [0.5, 0.6) is 0 Å². The van der Waals surface area contributed by atoms with Crippen molar-refractivity contribution in [3.63, 3.8) is 0 Å². The van der Waals surface area contributed by atoms with Crippen LogP contribution < -0.4 is 5.32 Å². The van der Waals surface area contributed by atoms with Crippen molar-refractivity contribution in [1.82, 2.24) is 15.1 Å². The minimum absolute atomic E-state index is 0.0402. The molecule has 1 aromatic rings. The third-order valence-electron chi connectivity index (χ3n) is 5.74. The normalized spacial score (nSPS) is 22.3. The first kappa shape index (κ1) is 21.1. The molecular formula is C21H34N4O2S. The van der Waals surface area contributed by atoms with E-state index in [9.17, 15) is 4.79 Å². The van der Waals surface area contributed by atoms with Crippen molar-refractivity contribution < 1.29 is 9.53 Å². The summed E-state index contributed by atoms with van der Waals surface area (Å²) in [5, 5.41) is 5.75. The summed E-state index contributed by atoms with van der Waals surface area (Å²) in [4.78, 5) is 22.7. The number of rotatable bonds is 6. The molecule has 0 saturated carbocycles. The summed E-state index contributed by atoms with van der Waals surface area (Å²) in [6, 6.07) is 4.37. The van der Waals surface area contributed by atoms with Gasteiger partial charge in [-0.3, -0.25) is 14.7 Å². The SMILES string of the molecule is CCOC(=O)C1CCN(C(=NC)NCC2CCCN(Cc3cccs3)C2)CC1. The Morgan fingerprint density at radius 3 is 2.82 bits per heavy atom. The van der Waals surface area contributed by atoms with Crippen LogP contribution in [-0.2, 0) is 16.1 Å². The summed E-state index contributed by atoms with van der Waals surface area (Å²) >= 11 is 1.85. The smallest absolute Gasteiger partial charge is 0.309 e. The second kappa shape index (κ2) is 10.8. The number of esters is 1. The predicted molar refractivity (Wildman–Crippen MR) is 115 cm³/mol. The molecular weight excluding hydrogens is 372 g/mol.